The topological polar surface area (TPSA) is 90.3 Å². The number of methoxy groups -OCH3 is 2. The van der Waals surface area contributed by atoms with Gasteiger partial charge in [-0.05, 0) is 29.8 Å². The van der Waals surface area contributed by atoms with Gasteiger partial charge in [-0.3, -0.25) is 4.79 Å². The summed E-state index contributed by atoms with van der Waals surface area (Å²) in [7, 11) is 2.92. The summed E-state index contributed by atoms with van der Waals surface area (Å²) in [4.78, 5) is 16.5. The van der Waals surface area contributed by atoms with Gasteiger partial charge in [-0.15, -0.1) is 0 Å². The van der Waals surface area contributed by atoms with Gasteiger partial charge < -0.3 is 20.1 Å². The van der Waals surface area contributed by atoms with Crippen molar-refractivity contribution in [2.75, 3.05) is 24.9 Å². The van der Waals surface area contributed by atoms with Gasteiger partial charge >= 0.3 is 6.18 Å². The number of carbonyl (C=O) groups is 1. The van der Waals surface area contributed by atoms with E-state index >= 15 is 0 Å². The predicted molar refractivity (Wildman–Crippen MR) is 115 cm³/mol. The molecule has 174 valence electrons. The second kappa shape index (κ2) is 8.81. The largest absolute Gasteiger partial charge is 0.493 e. The maximum absolute atomic E-state index is 13.9. The number of aromatic nitrogens is 3. The number of pyridine rings is 1. The summed E-state index contributed by atoms with van der Waals surface area (Å²) in [5, 5.41) is 9.53. The van der Waals surface area contributed by atoms with Crippen molar-refractivity contribution in [3.05, 3.63) is 59.0 Å². The molecule has 1 amide bonds. The number of carbonyl (C=O) groups excluding carboxylic acids is 1. The molecule has 3 aromatic rings. The number of hydrogen-bond acceptors (Lipinski definition) is 6. The summed E-state index contributed by atoms with van der Waals surface area (Å²) < 4.78 is 53.0. The Morgan fingerprint density at radius 2 is 1.97 bits per heavy atom. The average Bonchev–Trinajstić information content (AvgIpc) is 3.23. The molecule has 0 aliphatic carbocycles. The quantitative estimate of drug-likeness (QED) is 0.506. The number of anilines is 2. The van der Waals surface area contributed by atoms with Crippen LogP contribution in [0, 0.1) is 0 Å². The molecule has 0 saturated carbocycles. The zero-order valence-electron chi connectivity index (χ0n) is 17.5. The van der Waals surface area contributed by atoms with Crippen LogP contribution in [0.5, 0.6) is 11.5 Å². The maximum Gasteiger partial charge on any atom is 0.410 e. The Morgan fingerprint density at radius 3 is 2.64 bits per heavy atom. The van der Waals surface area contributed by atoms with E-state index in [9.17, 15) is 18.0 Å². The Bertz CT molecular complexity index is 1180. The summed E-state index contributed by atoms with van der Waals surface area (Å²) in [5.41, 5.74) is 0.598. The molecule has 0 fully saturated rings. The molecule has 8 nitrogen and oxygen atoms in total. The molecule has 3 heterocycles. The van der Waals surface area contributed by atoms with E-state index in [0.717, 1.165) is 4.68 Å². The molecule has 1 aliphatic heterocycles. The minimum absolute atomic E-state index is 0.0506. The Balaban J connectivity index is 1.66. The molecule has 0 spiro atoms. The molecule has 2 N–H and O–H groups in total. The van der Waals surface area contributed by atoms with Gasteiger partial charge in [0.1, 0.15) is 5.82 Å². The monoisotopic (exact) mass is 481 g/mol. The summed E-state index contributed by atoms with van der Waals surface area (Å²) in [5.74, 6) is 0.207. The lowest BCUT2D eigenvalue weighted by molar-refractivity contribution is -0.173. The van der Waals surface area contributed by atoms with Crippen LogP contribution in [0.25, 0.3) is 0 Å². The van der Waals surface area contributed by atoms with Crippen LogP contribution in [-0.2, 0) is 0 Å². The van der Waals surface area contributed by atoms with Gasteiger partial charge in [-0.25, -0.2) is 9.67 Å². The second-order valence-electron chi connectivity index (χ2n) is 7.26. The SMILES string of the molecule is COc1ccc([C@H]2C[C@H](C(F)(F)F)n3nc(C(=O)Nc4cccnc4Cl)cc3N2)cc1OC. The Labute approximate surface area is 191 Å². The zero-order valence-corrected chi connectivity index (χ0v) is 18.2. The smallest absolute Gasteiger partial charge is 0.410 e. The van der Waals surface area contributed by atoms with Crippen LogP contribution in [0.4, 0.5) is 24.7 Å². The van der Waals surface area contributed by atoms with Gasteiger partial charge in [0.25, 0.3) is 5.91 Å². The number of halogens is 4. The van der Waals surface area contributed by atoms with Gasteiger partial charge in [-0.1, -0.05) is 17.7 Å². The van der Waals surface area contributed by atoms with Crippen LogP contribution in [-0.4, -0.2) is 41.1 Å². The molecule has 0 radical (unpaired) electrons. The molecule has 2 aromatic heterocycles. The Kier molecular flexibility index (Phi) is 6.07. The lowest BCUT2D eigenvalue weighted by Gasteiger charge is -2.33. The van der Waals surface area contributed by atoms with E-state index in [-0.39, 0.29) is 28.8 Å². The number of benzene rings is 1. The number of rotatable bonds is 5. The fourth-order valence-corrected chi connectivity index (χ4v) is 3.80. The minimum Gasteiger partial charge on any atom is -0.493 e. The first kappa shape index (κ1) is 22.7. The van der Waals surface area contributed by atoms with Crippen LogP contribution in [0.15, 0.2) is 42.6 Å². The van der Waals surface area contributed by atoms with E-state index in [1.54, 1.807) is 24.3 Å². The third kappa shape index (κ3) is 4.54. The molecule has 12 heteroatoms. The van der Waals surface area contributed by atoms with E-state index in [1.165, 1.54) is 32.5 Å². The first-order valence-corrected chi connectivity index (χ1v) is 10.2. The van der Waals surface area contributed by atoms with Crippen molar-refractivity contribution >= 4 is 29.0 Å². The van der Waals surface area contributed by atoms with Gasteiger partial charge in [0.05, 0.1) is 25.9 Å². The van der Waals surface area contributed by atoms with Crippen LogP contribution < -0.4 is 20.1 Å². The summed E-state index contributed by atoms with van der Waals surface area (Å²) >= 11 is 5.94. The normalized spacial score (nSPS) is 17.6. The lowest BCUT2D eigenvalue weighted by atomic mass is 9.96. The highest BCUT2D eigenvalue weighted by Crippen LogP contribution is 2.44. The number of amides is 1. The van der Waals surface area contributed by atoms with E-state index in [0.29, 0.717) is 17.1 Å². The number of ether oxygens (including phenoxy) is 2. The van der Waals surface area contributed by atoms with Gasteiger partial charge in [0.2, 0.25) is 0 Å². The Hall–Kier alpha value is -3.47. The molecule has 4 rings (SSSR count). The summed E-state index contributed by atoms with van der Waals surface area (Å²) in [6.07, 6.45) is -3.47. The number of alkyl halides is 3. The fraction of sp³-hybridized carbons (Fsp3) is 0.286. The van der Waals surface area contributed by atoms with Gasteiger partial charge in [-0.2, -0.15) is 18.3 Å². The van der Waals surface area contributed by atoms with Crippen LogP contribution in [0.1, 0.15) is 34.6 Å². The van der Waals surface area contributed by atoms with Crippen molar-refractivity contribution in [1.82, 2.24) is 14.8 Å². The van der Waals surface area contributed by atoms with E-state index in [1.807, 2.05) is 0 Å². The molecule has 1 aliphatic rings. The standard InChI is InChI=1S/C21H19ClF3N5O3/c1-32-15-6-5-11(8-16(15)33-2)13-9-17(21(23,24)25)30-18(27-13)10-14(29-30)20(31)28-12-4-3-7-26-19(12)22/h3-8,10,13,17,27H,9H2,1-2H3,(H,28,31)/t13-,17-/m1/s1. The molecular formula is C21H19ClF3N5O3. The molecular weight excluding hydrogens is 463 g/mol. The molecule has 0 bridgehead atoms. The first-order chi connectivity index (χ1) is 15.7. The maximum atomic E-state index is 13.9. The average molecular weight is 482 g/mol. The van der Waals surface area contributed by atoms with Crippen LogP contribution >= 0.6 is 11.6 Å². The second-order valence-corrected chi connectivity index (χ2v) is 7.62. The highest BCUT2D eigenvalue weighted by Gasteiger charge is 2.47. The molecule has 0 saturated heterocycles. The summed E-state index contributed by atoms with van der Waals surface area (Å²) in [6, 6.07) is 6.62. The fourth-order valence-electron chi connectivity index (χ4n) is 3.64. The third-order valence-electron chi connectivity index (χ3n) is 5.24. The van der Waals surface area contributed by atoms with Crippen LogP contribution in [0.3, 0.4) is 0 Å². The van der Waals surface area contributed by atoms with Crippen molar-refractivity contribution in [2.45, 2.75) is 24.7 Å². The van der Waals surface area contributed by atoms with Crippen molar-refractivity contribution < 1.29 is 27.4 Å². The molecule has 0 unspecified atom stereocenters. The van der Waals surface area contributed by atoms with Crippen molar-refractivity contribution in [2.24, 2.45) is 0 Å². The van der Waals surface area contributed by atoms with E-state index < -0.39 is 24.2 Å². The van der Waals surface area contributed by atoms with Crippen molar-refractivity contribution in [3.63, 3.8) is 0 Å². The number of hydrogen-bond donors (Lipinski definition) is 2. The molecule has 2 atom stereocenters. The van der Waals surface area contributed by atoms with Crippen LogP contribution in [0.2, 0.25) is 5.15 Å². The lowest BCUT2D eigenvalue weighted by Crippen LogP contribution is -2.35. The number of nitrogens with zero attached hydrogens (tertiary/aromatic N) is 3. The van der Waals surface area contributed by atoms with Gasteiger partial charge in [0, 0.05) is 18.7 Å². The third-order valence-corrected chi connectivity index (χ3v) is 5.54. The predicted octanol–water partition coefficient (Wildman–Crippen LogP) is 4.86. The first-order valence-electron chi connectivity index (χ1n) is 9.78. The molecule has 33 heavy (non-hydrogen) atoms. The van der Waals surface area contributed by atoms with Gasteiger partial charge in [0.15, 0.2) is 28.4 Å². The van der Waals surface area contributed by atoms with E-state index in [4.69, 9.17) is 21.1 Å². The van der Waals surface area contributed by atoms with E-state index in [2.05, 4.69) is 20.7 Å². The zero-order chi connectivity index (χ0) is 23.8. The van der Waals surface area contributed by atoms with Crippen molar-refractivity contribution in [1.29, 1.82) is 0 Å². The molecule has 1 aromatic carbocycles. The van der Waals surface area contributed by atoms with Crippen molar-refractivity contribution in [3.8, 4) is 11.5 Å². The Morgan fingerprint density at radius 1 is 1.21 bits per heavy atom. The highest BCUT2D eigenvalue weighted by atomic mass is 35.5. The number of fused-ring (bicyclic) bond motifs is 1. The summed E-state index contributed by atoms with van der Waals surface area (Å²) in [6.45, 7) is 0. The number of nitrogens with one attached hydrogen (secondary N) is 2. The minimum atomic E-state index is -4.59. The highest BCUT2D eigenvalue weighted by molar-refractivity contribution is 6.32.